The Labute approximate surface area is 153 Å². The van der Waals surface area contributed by atoms with Crippen LogP contribution in [0.5, 0.6) is 0 Å². The molecule has 0 spiro atoms. The molecule has 1 amide bonds. The second kappa shape index (κ2) is 6.96. The molecular formula is C20H25N5O. The van der Waals surface area contributed by atoms with E-state index in [4.69, 9.17) is 0 Å². The van der Waals surface area contributed by atoms with Crippen molar-refractivity contribution in [2.45, 2.75) is 12.8 Å². The minimum absolute atomic E-state index is 0.0873. The molecule has 0 radical (unpaired) electrons. The molecule has 4 rings (SSSR count). The second-order valence-corrected chi connectivity index (χ2v) is 7.27. The third kappa shape index (κ3) is 3.37. The summed E-state index contributed by atoms with van der Waals surface area (Å²) in [5.74, 6) is 0.586. The molecule has 0 bridgehead atoms. The fourth-order valence-electron chi connectivity index (χ4n) is 3.36. The van der Waals surface area contributed by atoms with Crippen LogP contribution in [0, 0.1) is 5.92 Å². The number of carbonyl (C=O) groups is 1. The van der Waals surface area contributed by atoms with Crippen LogP contribution >= 0.6 is 0 Å². The van der Waals surface area contributed by atoms with Gasteiger partial charge in [0.25, 0.3) is 0 Å². The van der Waals surface area contributed by atoms with Gasteiger partial charge in [0.1, 0.15) is 0 Å². The Kier molecular flexibility index (Phi) is 4.51. The summed E-state index contributed by atoms with van der Waals surface area (Å²) in [6, 6.07) is 10.0. The molecule has 1 aliphatic heterocycles. The van der Waals surface area contributed by atoms with Gasteiger partial charge in [0.2, 0.25) is 0 Å². The van der Waals surface area contributed by atoms with Gasteiger partial charge in [0.15, 0.2) is 0 Å². The number of nitrogens with zero attached hydrogens (tertiary/aromatic N) is 3. The number of aromatic nitrogens is 1. The molecule has 1 fully saturated rings. The molecule has 1 aromatic heterocycles. The highest BCUT2D eigenvalue weighted by Gasteiger charge is 2.32. The van der Waals surface area contributed by atoms with Crippen LogP contribution in [-0.2, 0) is 0 Å². The van der Waals surface area contributed by atoms with E-state index in [2.05, 4.69) is 32.9 Å². The first-order valence-electron chi connectivity index (χ1n) is 9.18. The maximum absolute atomic E-state index is 12.9. The summed E-state index contributed by atoms with van der Waals surface area (Å²) >= 11 is 0. The van der Waals surface area contributed by atoms with Crippen molar-refractivity contribution >= 4 is 28.7 Å². The van der Waals surface area contributed by atoms with Crippen molar-refractivity contribution in [2.75, 3.05) is 33.7 Å². The van der Waals surface area contributed by atoms with Crippen LogP contribution < -0.4 is 10.7 Å². The van der Waals surface area contributed by atoms with E-state index in [1.807, 2.05) is 38.4 Å². The highest BCUT2D eigenvalue weighted by atomic mass is 16.2. The summed E-state index contributed by atoms with van der Waals surface area (Å²) in [6.45, 7) is 2.16. The van der Waals surface area contributed by atoms with E-state index in [0.29, 0.717) is 12.5 Å². The molecule has 6 heteroatoms. The van der Waals surface area contributed by atoms with Crippen molar-refractivity contribution in [2.24, 2.45) is 11.0 Å². The summed E-state index contributed by atoms with van der Waals surface area (Å²) < 4.78 is 1.78. The van der Waals surface area contributed by atoms with E-state index >= 15 is 0 Å². The van der Waals surface area contributed by atoms with E-state index in [0.717, 1.165) is 35.4 Å². The van der Waals surface area contributed by atoms with Crippen LogP contribution in [0.4, 0.5) is 4.79 Å². The van der Waals surface area contributed by atoms with Crippen molar-refractivity contribution in [1.29, 1.82) is 0 Å². The van der Waals surface area contributed by atoms with Crippen LogP contribution in [0.1, 0.15) is 18.5 Å². The van der Waals surface area contributed by atoms with Gasteiger partial charge in [0, 0.05) is 24.4 Å². The average Bonchev–Trinajstić information content (AvgIpc) is 3.24. The lowest BCUT2D eigenvalue weighted by Crippen LogP contribution is -2.34. The molecule has 26 heavy (non-hydrogen) atoms. The lowest BCUT2D eigenvalue weighted by atomic mass is 10.1. The molecule has 0 saturated heterocycles. The fourth-order valence-corrected chi connectivity index (χ4v) is 3.36. The first-order chi connectivity index (χ1) is 12.6. The minimum atomic E-state index is -0.0873. The SMILES string of the molecule is CN(C)CCNC(=O)n1c(/C=C2\CNN=C2C2CC2)cc2ccccc21. The van der Waals surface area contributed by atoms with E-state index in [9.17, 15) is 4.79 Å². The molecule has 6 nitrogen and oxygen atoms in total. The van der Waals surface area contributed by atoms with Gasteiger partial charge in [-0.1, -0.05) is 18.2 Å². The number of nitrogens with one attached hydrogen (secondary N) is 2. The molecule has 136 valence electrons. The Morgan fingerprint density at radius 1 is 1.38 bits per heavy atom. The Morgan fingerprint density at radius 2 is 2.19 bits per heavy atom. The van der Waals surface area contributed by atoms with Gasteiger partial charge in [0.05, 0.1) is 23.5 Å². The second-order valence-electron chi connectivity index (χ2n) is 7.27. The first-order valence-corrected chi connectivity index (χ1v) is 9.18. The zero-order valence-electron chi connectivity index (χ0n) is 15.3. The number of para-hydroxylation sites is 1. The van der Waals surface area contributed by atoms with Crippen LogP contribution in [-0.4, -0.2) is 54.9 Å². The van der Waals surface area contributed by atoms with Crippen molar-refractivity contribution in [3.8, 4) is 0 Å². The normalized spacial score (nSPS) is 18.4. The zero-order valence-corrected chi connectivity index (χ0v) is 15.3. The molecule has 0 atom stereocenters. The Morgan fingerprint density at radius 3 is 2.96 bits per heavy atom. The monoisotopic (exact) mass is 351 g/mol. The third-order valence-electron chi connectivity index (χ3n) is 4.86. The van der Waals surface area contributed by atoms with Crippen molar-refractivity contribution in [3.05, 3.63) is 41.6 Å². The predicted molar refractivity (Wildman–Crippen MR) is 105 cm³/mol. The smallest absolute Gasteiger partial charge is 0.326 e. The molecule has 2 heterocycles. The maximum Gasteiger partial charge on any atom is 0.326 e. The summed E-state index contributed by atoms with van der Waals surface area (Å²) in [4.78, 5) is 14.9. The largest absolute Gasteiger partial charge is 0.336 e. The van der Waals surface area contributed by atoms with Crippen LogP contribution in [0.15, 0.2) is 41.0 Å². The van der Waals surface area contributed by atoms with Crippen LogP contribution in [0.2, 0.25) is 0 Å². The highest BCUT2D eigenvalue weighted by Crippen LogP contribution is 2.35. The molecular weight excluding hydrogens is 326 g/mol. The number of rotatable bonds is 5. The molecule has 1 aromatic carbocycles. The van der Waals surface area contributed by atoms with Crippen LogP contribution in [0.3, 0.4) is 0 Å². The molecule has 2 aliphatic rings. The Balaban J connectivity index is 1.68. The topological polar surface area (TPSA) is 61.7 Å². The van der Waals surface area contributed by atoms with Crippen molar-refractivity contribution in [1.82, 2.24) is 20.2 Å². The number of hydrazone groups is 1. The lowest BCUT2D eigenvalue weighted by Gasteiger charge is -2.13. The van der Waals surface area contributed by atoms with E-state index in [1.54, 1.807) is 4.57 Å². The molecule has 2 aromatic rings. The lowest BCUT2D eigenvalue weighted by molar-refractivity contribution is 0.242. The van der Waals surface area contributed by atoms with Crippen LogP contribution in [0.25, 0.3) is 17.0 Å². The number of amides is 1. The minimum Gasteiger partial charge on any atom is -0.336 e. The van der Waals surface area contributed by atoms with E-state index in [1.165, 1.54) is 18.4 Å². The fraction of sp³-hybridized carbons (Fsp3) is 0.400. The van der Waals surface area contributed by atoms with Crippen molar-refractivity contribution < 1.29 is 4.79 Å². The Hall–Kier alpha value is -2.60. The first kappa shape index (κ1) is 16.8. The van der Waals surface area contributed by atoms with E-state index < -0.39 is 0 Å². The summed E-state index contributed by atoms with van der Waals surface area (Å²) in [6.07, 6.45) is 4.54. The highest BCUT2D eigenvalue weighted by molar-refractivity contribution is 6.08. The Bertz CT molecular complexity index is 889. The standard InChI is InChI=1S/C20H25N5O/c1-24(2)10-9-21-20(26)25-17(11-15-5-3-4-6-18(15)25)12-16-13-22-23-19(16)14-7-8-14/h3-6,11-12,14,22H,7-10,13H2,1-2H3,(H,21,26)/b16-12+. The molecule has 1 saturated carbocycles. The summed E-state index contributed by atoms with van der Waals surface area (Å²) in [5, 5.41) is 8.55. The number of likely N-dealkylation sites (N-methyl/N-ethyl adjacent to an activating group) is 1. The average molecular weight is 351 g/mol. The number of benzene rings is 1. The van der Waals surface area contributed by atoms with Crippen molar-refractivity contribution in [3.63, 3.8) is 0 Å². The van der Waals surface area contributed by atoms with Gasteiger partial charge in [-0.15, -0.1) is 0 Å². The number of hydrogen-bond donors (Lipinski definition) is 2. The molecule has 2 N–H and O–H groups in total. The van der Waals surface area contributed by atoms with Gasteiger partial charge < -0.3 is 15.6 Å². The molecule has 0 unspecified atom stereocenters. The quantitative estimate of drug-likeness (QED) is 0.870. The van der Waals surface area contributed by atoms with Gasteiger partial charge in [-0.05, 0) is 50.7 Å². The van der Waals surface area contributed by atoms with Gasteiger partial charge in [-0.25, -0.2) is 4.79 Å². The van der Waals surface area contributed by atoms with E-state index in [-0.39, 0.29) is 6.03 Å². The molecule has 1 aliphatic carbocycles. The predicted octanol–water partition coefficient (Wildman–Crippen LogP) is 2.51. The van der Waals surface area contributed by atoms with Gasteiger partial charge in [-0.3, -0.25) is 4.57 Å². The maximum atomic E-state index is 12.9. The van der Waals surface area contributed by atoms with Gasteiger partial charge >= 0.3 is 6.03 Å². The zero-order chi connectivity index (χ0) is 18.1. The number of hydrogen-bond acceptors (Lipinski definition) is 4. The third-order valence-corrected chi connectivity index (χ3v) is 4.86. The summed E-state index contributed by atoms with van der Waals surface area (Å²) in [7, 11) is 4.00. The summed E-state index contributed by atoms with van der Waals surface area (Å²) in [5.41, 5.74) is 7.28. The number of carbonyl (C=O) groups excluding carboxylic acids is 1. The number of fused-ring (bicyclic) bond motifs is 1. The van der Waals surface area contributed by atoms with Gasteiger partial charge in [-0.2, -0.15) is 5.10 Å².